The van der Waals surface area contributed by atoms with Crippen molar-refractivity contribution in [3.8, 4) is 0 Å². The molecule has 1 saturated heterocycles. The Hall–Kier alpha value is -2.85. The summed E-state index contributed by atoms with van der Waals surface area (Å²) in [6.45, 7) is 5.37. The van der Waals surface area contributed by atoms with Crippen molar-refractivity contribution in [2.45, 2.75) is 18.5 Å². The summed E-state index contributed by atoms with van der Waals surface area (Å²) in [4.78, 5) is 18.7. The average Bonchev–Trinajstić information content (AvgIpc) is 3.12. The molecule has 2 N–H and O–H groups in total. The summed E-state index contributed by atoms with van der Waals surface area (Å²) in [5.74, 6) is 0.0739. The standard InChI is InChI=1S/C22H23N3O/c1-2-8-19-21(20-15-17-11-6-7-12-18(17)24-20)25(14-13-23-19)22(26)16-9-4-3-5-10-16/h2-7,9-12,15,19,21,23-24H,1,8,13-14H2. The Balaban J connectivity index is 1.75. The molecule has 0 aliphatic carbocycles. The third-order valence-electron chi connectivity index (χ3n) is 5.05. The molecule has 2 unspecified atom stereocenters. The van der Waals surface area contributed by atoms with E-state index in [1.54, 1.807) is 0 Å². The van der Waals surface area contributed by atoms with Crippen molar-refractivity contribution >= 4 is 16.8 Å². The van der Waals surface area contributed by atoms with E-state index in [2.05, 4.69) is 35.1 Å². The van der Waals surface area contributed by atoms with Gasteiger partial charge in [-0.15, -0.1) is 6.58 Å². The lowest BCUT2D eigenvalue weighted by Crippen LogP contribution is -2.54. The monoisotopic (exact) mass is 345 g/mol. The molecule has 3 aromatic rings. The smallest absolute Gasteiger partial charge is 0.254 e. The van der Waals surface area contributed by atoms with Gasteiger partial charge in [-0.05, 0) is 36.1 Å². The van der Waals surface area contributed by atoms with Gasteiger partial charge in [-0.2, -0.15) is 0 Å². The van der Waals surface area contributed by atoms with Crippen LogP contribution in [0.5, 0.6) is 0 Å². The van der Waals surface area contributed by atoms with Gasteiger partial charge in [0.1, 0.15) is 0 Å². The molecule has 1 fully saturated rings. The fraction of sp³-hybridized carbons (Fsp3) is 0.227. The first-order valence-corrected chi connectivity index (χ1v) is 9.06. The van der Waals surface area contributed by atoms with E-state index in [4.69, 9.17) is 0 Å². The number of carbonyl (C=O) groups excluding carboxylic acids is 1. The minimum Gasteiger partial charge on any atom is -0.357 e. The Bertz CT molecular complexity index is 882. The van der Waals surface area contributed by atoms with Gasteiger partial charge in [0.25, 0.3) is 5.91 Å². The van der Waals surface area contributed by atoms with Gasteiger partial charge < -0.3 is 15.2 Å². The summed E-state index contributed by atoms with van der Waals surface area (Å²) in [7, 11) is 0. The van der Waals surface area contributed by atoms with Gasteiger partial charge in [0.15, 0.2) is 0 Å². The number of benzene rings is 2. The highest BCUT2D eigenvalue weighted by atomic mass is 16.2. The quantitative estimate of drug-likeness (QED) is 0.705. The van der Waals surface area contributed by atoms with Crippen LogP contribution in [-0.2, 0) is 0 Å². The molecule has 1 aliphatic heterocycles. The lowest BCUT2D eigenvalue weighted by molar-refractivity contribution is 0.0555. The molecule has 0 radical (unpaired) electrons. The number of nitrogens with zero attached hydrogens (tertiary/aromatic N) is 1. The maximum atomic E-state index is 13.2. The first kappa shape index (κ1) is 16.6. The van der Waals surface area contributed by atoms with Crippen LogP contribution in [0.25, 0.3) is 10.9 Å². The predicted molar refractivity (Wildman–Crippen MR) is 105 cm³/mol. The van der Waals surface area contributed by atoms with E-state index in [1.807, 2.05) is 53.4 Å². The lowest BCUT2D eigenvalue weighted by atomic mass is 9.96. The number of carbonyl (C=O) groups is 1. The second-order valence-corrected chi connectivity index (χ2v) is 6.71. The summed E-state index contributed by atoms with van der Waals surface area (Å²) in [6, 6.07) is 20.0. The molecule has 1 aromatic heterocycles. The molecule has 2 heterocycles. The van der Waals surface area contributed by atoms with Gasteiger partial charge in [-0.1, -0.05) is 42.5 Å². The van der Waals surface area contributed by atoms with Gasteiger partial charge in [0, 0.05) is 35.9 Å². The number of para-hydroxylation sites is 1. The molecule has 0 saturated carbocycles. The van der Waals surface area contributed by atoms with E-state index in [0.29, 0.717) is 6.54 Å². The zero-order valence-corrected chi connectivity index (χ0v) is 14.7. The number of piperazine rings is 1. The molecule has 0 bridgehead atoms. The number of nitrogens with one attached hydrogen (secondary N) is 2. The van der Waals surface area contributed by atoms with E-state index in [9.17, 15) is 4.79 Å². The molecular formula is C22H23N3O. The first-order valence-electron chi connectivity index (χ1n) is 9.06. The van der Waals surface area contributed by atoms with E-state index in [1.165, 1.54) is 0 Å². The Kier molecular flexibility index (Phi) is 4.59. The largest absolute Gasteiger partial charge is 0.357 e. The molecule has 1 amide bonds. The van der Waals surface area contributed by atoms with Crippen molar-refractivity contribution in [2.24, 2.45) is 0 Å². The highest BCUT2D eigenvalue weighted by Crippen LogP contribution is 2.31. The SMILES string of the molecule is C=CCC1NCCN(C(=O)c2ccccc2)C1c1cc2ccccc2[nH]1. The van der Waals surface area contributed by atoms with Crippen LogP contribution in [0.3, 0.4) is 0 Å². The van der Waals surface area contributed by atoms with Crippen LogP contribution < -0.4 is 5.32 Å². The number of H-pyrrole nitrogens is 1. The van der Waals surface area contributed by atoms with Crippen molar-refractivity contribution in [3.05, 3.63) is 84.6 Å². The molecule has 2 aromatic carbocycles. The minimum absolute atomic E-state index is 0.0538. The molecule has 2 atom stereocenters. The summed E-state index contributed by atoms with van der Waals surface area (Å²) in [5, 5.41) is 4.73. The molecule has 4 heteroatoms. The first-order chi connectivity index (χ1) is 12.8. The van der Waals surface area contributed by atoms with Crippen LogP contribution in [0.15, 0.2) is 73.3 Å². The summed E-state index contributed by atoms with van der Waals surface area (Å²) in [5.41, 5.74) is 2.89. The van der Waals surface area contributed by atoms with Crippen molar-refractivity contribution in [1.29, 1.82) is 0 Å². The van der Waals surface area contributed by atoms with Gasteiger partial charge in [0.2, 0.25) is 0 Å². The zero-order valence-electron chi connectivity index (χ0n) is 14.7. The zero-order chi connectivity index (χ0) is 17.9. The molecule has 4 nitrogen and oxygen atoms in total. The summed E-state index contributed by atoms with van der Waals surface area (Å²) in [6.07, 6.45) is 2.72. The van der Waals surface area contributed by atoms with Crippen molar-refractivity contribution in [1.82, 2.24) is 15.2 Å². The number of hydrogen-bond acceptors (Lipinski definition) is 2. The van der Waals surface area contributed by atoms with E-state index < -0.39 is 0 Å². The van der Waals surface area contributed by atoms with Crippen molar-refractivity contribution in [3.63, 3.8) is 0 Å². The molecule has 26 heavy (non-hydrogen) atoms. The van der Waals surface area contributed by atoms with Crippen LogP contribution >= 0.6 is 0 Å². The number of hydrogen-bond donors (Lipinski definition) is 2. The average molecular weight is 345 g/mol. The third kappa shape index (κ3) is 3.04. The molecule has 4 rings (SSSR count). The Morgan fingerprint density at radius 3 is 2.69 bits per heavy atom. The van der Waals surface area contributed by atoms with Crippen LogP contribution in [0.2, 0.25) is 0 Å². The lowest BCUT2D eigenvalue weighted by Gasteiger charge is -2.41. The van der Waals surface area contributed by atoms with E-state index >= 15 is 0 Å². The van der Waals surface area contributed by atoms with Crippen LogP contribution in [0, 0.1) is 0 Å². The van der Waals surface area contributed by atoms with Crippen molar-refractivity contribution < 1.29 is 4.79 Å². The maximum absolute atomic E-state index is 13.2. The molecular weight excluding hydrogens is 322 g/mol. The fourth-order valence-electron chi connectivity index (χ4n) is 3.84. The van der Waals surface area contributed by atoms with Gasteiger partial charge >= 0.3 is 0 Å². The fourth-order valence-corrected chi connectivity index (χ4v) is 3.84. The van der Waals surface area contributed by atoms with E-state index in [0.717, 1.165) is 35.1 Å². The number of aromatic nitrogens is 1. The normalized spacial score (nSPS) is 20.2. The highest BCUT2D eigenvalue weighted by Gasteiger charge is 2.36. The van der Waals surface area contributed by atoms with Crippen LogP contribution in [0.1, 0.15) is 28.5 Å². The summed E-state index contributed by atoms with van der Waals surface area (Å²) < 4.78 is 0. The second kappa shape index (κ2) is 7.18. The third-order valence-corrected chi connectivity index (χ3v) is 5.05. The number of rotatable bonds is 4. The Morgan fingerprint density at radius 2 is 1.92 bits per heavy atom. The predicted octanol–water partition coefficient (Wildman–Crippen LogP) is 3.90. The Morgan fingerprint density at radius 1 is 1.15 bits per heavy atom. The highest BCUT2D eigenvalue weighted by molar-refractivity contribution is 5.94. The summed E-state index contributed by atoms with van der Waals surface area (Å²) >= 11 is 0. The van der Waals surface area contributed by atoms with Crippen LogP contribution in [0.4, 0.5) is 0 Å². The van der Waals surface area contributed by atoms with E-state index in [-0.39, 0.29) is 18.0 Å². The minimum atomic E-state index is -0.0538. The van der Waals surface area contributed by atoms with Gasteiger partial charge in [-0.3, -0.25) is 4.79 Å². The van der Waals surface area contributed by atoms with Crippen molar-refractivity contribution in [2.75, 3.05) is 13.1 Å². The number of amides is 1. The number of fused-ring (bicyclic) bond motifs is 1. The topological polar surface area (TPSA) is 48.1 Å². The second-order valence-electron chi connectivity index (χ2n) is 6.71. The van der Waals surface area contributed by atoms with Gasteiger partial charge in [-0.25, -0.2) is 0 Å². The molecule has 1 aliphatic rings. The van der Waals surface area contributed by atoms with Gasteiger partial charge in [0.05, 0.1) is 6.04 Å². The number of aromatic amines is 1. The molecule has 0 spiro atoms. The Labute approximate surface area is 153 Å². The molecule has 132 valence electrons. The van der Waals surface area contributed by atoms with Crippen LogP contribution in [-0.4, -0.2) is 34.9 Å². The maximum Gasteiger partial charge on any atom is 0.254 e.